The van der Waals surface area contributed by atoms with Gasteiger partial charge in [0.2, 0.25) is 0 Å². The Balaban J connectivity index is 0. The van der Waals surface area contributed by atoms with Crippen molar-refractivity contribution in [3.63, 3.8) is 0 Å². The van der Waals surface area contributed by atoms with Crippen LogP contribution in [0.5, 0.6) is 0 Å². The summed E-state index contributed by atoms with van der Waals surface area (Å²) < 4.78 is 0. The van der Waals surface area contributed by atoms with Gasteiger partial charge in [-0.05, 0) is 12.8 Å². The van der Waals surface area contributed by atoms with Crippen molar-refractivity contribution < 1.29 is 10.2 Å². The average molecular weight is 316 g/mol. The van der Waals surface area contributed by atoms with Gasteiger partial charge in [0.15, 0.2) is 0 Å². The molecule has 0 aliphatic heterocycles. The maximum absolute atomic E-state index is 9.52. The van der Waals surface area contributed by atoms with Gasteiger partial charge in [-0.1, -0.05) is 90.7 Å². The third-order valence-electron chi connectivity index (χ3n) is 3.96. The highest BCUT2D eigenvalue weighted by Crippen LogP contribution is 2.12. The minimum atomic E-state index is -0.720. The van der Waals surface area contributed by atoms with E-state index in [1.807, 2.05) is 6.08 Å². The summed E-state index contributed by atoms with van der Waals surface area (Å²) in [6, 6.07) is -0.557. The summed E-state index contributed by atoms with van der Waals surface area (Å²) in [7, 11) is 0. The number of aliphatic hydroxyl groups is 2. The van der Waals surface area contributed by atoms with Gasteiger partial charge in [-0.15, -0.1) is 0 Å². The Morgan fingerprint density at radius 2 is 1.32 bits per heavy atom. The molecule has 0 spiro atoms. The van der Waals surface area contributed by atoms with Crippen molar-refractivity contribution in [1.82, 2.24) is 0 Å². The SMILES string of the molecule is C.CCCCCCCCCCCCC/C=C/[C@@H](O)[C@@H](N)CO. The topological polar surface area (TPSA) is 66.5 Å². The molecular formula is C19H41NO2. The van der Waals surface area contributed by atoms with E-state index in [-0.39, 0.29) is 14.0 Å². The lowest BCUT2D eigenvalue weighted by Crippen LogP contribution is -2.36. The second kappa shape index (κ2) is 18.7. The summed E-state index contributed by atoms with van der Waals surface area (Å²) in [5.74, 6) is 0. The molecule has 0 bridgehead atoms. The molecule has 0 saturated heterocycles. The fraction of sp³-hybridized carbons (Fsp3) is 0.895. The molecule has 134 valence electrons. The van der Waals surface area contributed by atoms with Crippen LogP contribution in [0.1, 0.15) is 91.4 Å². The lowest BCUT2D eigenvalue weighted by Gasteiger charge is -2.11. The standard InChI is InChI=1S/C18H37NO2.CH4/c1-2-3-4-5-6-7-8-9-10-11-12-13-14-15-18(21)17(19)16-20;/h14-15,17-18,20-21H,2-13,16,19H2,1H3;1H4/b15-14+;/t17-,18+;/m0./s1. The Morgan fingerprint density at radius 1 is 0.864 bits per heavy atom. The first-order chi connectivity index (χ1) is 10.2. The maximum atomic E-state index is 9.52. The van der Waals surface area contributed by atoms with Crippen LogP contribution in [0, 0.1) is 0 Å². The number of aliphatic hydroxyl groups excluding tert-OH is 2. The summed E-state index contributed by atoms with van der Waals surface area (Å²) in [6.45, 7) is 2.08. The normalized spacial score (nSPS) is 14.0. The molecule has 0 aromatic heterocycles. The molecule has 0 fully saturated rings. The Morgan fingerprint density at radius 3 is 1.77 bits per heavy atom. The molecule has 0 aromatic rings. The van der Waals surface area contributed by atoms with Gasteiger partial charge in [-0.3, -0.25) is 0 Å². The van der Waals surface area contributed by atoms with Crippen LogP contribution in [0.4, 0.5) is 0 Å². The first kappa shape index (κ1) is 23.9. The molecule has 0 rings (SSSR count). The summed E-state index contributed by atoms with van der Waals surface area (Å²) in [6.07, 6.45) is 18.8. The molecule has 0 aliphatic carbocycles. The van der Waals surface area contributed by atoms with Gasteiger partial charge < -0.3 is 15.9 Å². The van der Waals surface area contributed by atoms with Crippen LogP contribution in [0.3, 0.4) is 0 Å². The highest BCUT2D eigenvalue weighted by Gasteiger charge is 2.08. The number of hydrogen-bond acceptors (Lipinski definition) is 3. The third kappa shape index (κ3) is 16.0. The van der Waals surface area contributed by atoms with Crippen molar-refractivity contribution in [2.24, 2.45) is 5.73 Å². The lowest BCUT2D eigenvalue weighted by molar-refractivity contribution is 0.144. The van der Waals surface area contributed by atoms with E-state index in [9.17, 15) is 5.11 Å². The molecule has 0 saturated carbocycles. The van der Waals surface area contributed by atoms with Gasteiger partial charge in [0.25, 0.3) is 0 Å². The van der Waals surface area contributed by atoms with Crippen molar-refractivity contribution in [3.05, 3.63) is 12.2 Å². The van der Waals surface area contributed by atoms with Crippen molar-refractivity contribution in [2.75, 3.05) is 6.61 Å². The van der Waals surface area contributed by atoms with E-state index < -0.39 is 12.1 Å². The van der Waals surface area contributed by atoms with Crippen LogP contribution in [-0.4, -0.2) is 29.0 Å². The zero-order valence-electron chi connectivity index (χ0n) is 14.0. The number of hydrogen-bond donors (Lipinski definition) is 3. The monoisotopic (exact) mass is 315 g/mol. The smallest absolute Gasteiger partial charge is 0.0894 e. The summed E-state index contributed by atoms with van der Waals surface area (Å²) in [5.41, 5.74) is 5.51. The molecule has 0 amide bonds. The third-order valence-corrected chi connectivity index (χ3v) is 3.96. The molecule has 2 atom stereocenters. The van der Waals surface area contributed by atoms with Crippen LogP contribution >= 0.6 is 0 Å². The zero-order valence-corrected chi connectivity index (χ0v) is 14.0. The van der Waals surface area contributed by atoms with Gasteiger partial charge in [-0.2, -0.15) is 0 Å². The van der Waals surface area contributed by atoms with Crippen LogP contribution in [0.25, 0.3) is 0 Å². The summed E-state index contributed by atoms with van der Waals surface area (Å²) in [5, 5.41) is 18.3. The molecule has 0 heterocycles. The van der Waals surface area contributed by atoms with Gasteiger partial charge in [-0.25, -0.2) is 0 Å². The number of allylic oxidation sites excluding steroid dienone is 1. The molecule has 22 heavy (non-hydrogen) atoms. The highest BCUT2D eigenvalue weighted by atomic mass is 16.3. The molecule has 0 radical (unpaired) electrons. The second-order valence-electron chi connectivity index (χ2n) is 6.09. The number of nitrogens with two attached hydrogens (primary N) is 1. The number of rotatable bonds is 15. The fourth-order valence-corrected chi connectivity index (χ4v) is 2.41. The minimum Gasteiger partial charge on any atom is -0.395 e. The van der Waals surface area contributed by atoms with Gasteiger partial charge in [0.1, 0.15) is 0 Å². The number of unbranched alkanes of at least 4 members (excludes halogenated alkanes) is 11. The molecule has 4 N–H and O–H groups in total. The molecule has 0 aromatic carbocycles. The predicted molar refractivity (Wildman–Crippen MR) is 98.0 cm³/mol. The Kier molecular flexibility index (Phi) is 20.3. The zero-order chi connectivity index (χ0) is 15.8. The Bertz CT molecular complexity index is 231. The van der Waals surface area contributed by atoms with E-state index in [1.165, 1.54) is 70.6 Å². The van der Waals surface area contributed by atoms with E-state index in [1.54, 1.807) is 6.08 Å². The first-order valence-electron chi connectivity index (χ1n) is 8.93. The van der Waals surface area contributed by atoms with Crippen molar-refractivity contribution in [3.8, 4) is 0 Å². The van der Waals surface area contributed by atoms with Crippen molar-refractivity contribution in [2.45, 2.75) is 104 Å². The highest BCUT2D eigenvalue weighted by molar-refractivity contribution is 4.93. The Hall–Kier alpha value is -0.380. The van der Waals surface area contributed by atoms with Gasteiger partial charge >= 0.3 is 0 Å². The van der Waals surface area contributed by atoms with Crippen LogP contribution in [0.15, 0.2) is 12.2 Å². The van der Waals surface area contributed by atoms with Crippen molar-refractivity contribution >= 4 is 0 Å². The Labute approximate surface area is 139 Å². The van der Waals surface area contributed by atoms with E-state index in [4.69, 9.17) is 10.8 Å². The van der Waals surface area contributed by atoms with E-state index in [0.717, 1.165) is 6.42 Å². The maximum Gasteiger partial charge on any atom is 0.0894 e. The fourth-order valence-electron chi connectivity index (χ4n) is 2.41. The molecule has 3 heteroatoms. The molecule has 3 nitrogen and oxygen atoms in total. The van der Waals surface area contributed by atoms with Crippen LogP contribution in [-0.2, 0) is 0 Å². The molecule has 0 unspecified atom stereocenters. The second-order valence-corrected chi connectivity index (χ2v) is 6.09. The van der Waals surface area contributed by atoms with E-state index in [2.05, 4.69) is 6.92 Å². The van der Waals surface area contributed by atoms with Gasteiger partial charge in [0.05, 0.1) is 18.8 Å². The predicted octanol–water partition coefficient (Wildman–Crippen LogP) is 4.56. The minimum absolute atomic E-state index is 0. The average Bonchev–Trinajstić information content (AvgIpc) is 2.50. The quantitative estimate of drug-likeness (QED) is 0.306. The van der Waals surface area contributed by atoms with Gasteiger partial charge in [0, 0.05) is 0 Å². The summed E-state index contributed by atoms with van der Waals surface area (Å²) >= 11 is 0. The lowest BCUT2D eigenvalue weighted by atomic mass is 10.0. The molecular weight excluding hydrogens is 274 g/mol. The van der Waals surface area contributed by atoms with Crippen LogP contribution < -0.4 is 5.73 Å². The molecule has 0 aliphatic rings. The van der Waals surface area contributed by atoms with Crippen molar-refractivity contribution in [1.29, 1.82) is 0 Å². The van der Waals surface area contributed by atoms with E-state index in [0.29, 0.717) is 0 Å². The van der Waals surface area contributed by atoms with E-state index >= 15 is 0 Å². The van der Waals surface area contributed by atoms with Crippen LogP contribution in [0.2, 0.25) is 0 Å². The largest absolute Gasteiger partial charge is 0.395 e. The first-order valence-corrected chi connectivity index (χ1v) is 8.93. The summed E-state index contributed by atoms with van der Waals surface area (Å²) in [4.78, 5) is 0.